The normalized spacial score (nSPS) is 28.6. The van der Waals surface area contributed by atoms with Crippen molar-refractivity contribution in [2.24, 2.45) is 11.8 Å². The molecule has 2 fully saturated rings. The molecule has 24 heavy (non-hydrogen) atoms. The SMILES string of the molecule is CCN1C(=O)[C@@H]2[C@H](C1=O)[C@H](c1cccc(C#N)c1)N[C@@H]2C(=O)OC. The molecule has 2 amide bonds. The number of nitrogens with one attached hydrogen (secondary N) is 1. The number of carbonyl (C=O) groups is 3. The third-order valence-corrected chi connectivity index (χ3v) is 4.71. The van der Waals surface area contributed by atoms with Crippen molar-refractivity contribution in [3.8, 4) is 6.07 Å². The monoisotopic (exact) mass is 327 g/mol. The topological polar surface area (TPSA) is 99.5 Å². The van der Waals surface area contributed by atoms with E-state index in [0.717, 1.165) is 0 Å². The average Bonchev–Trinajstić information content (AvgIpc) is 3.11. The Hall–Kier alpha value is -2.72. The molecule has 124 valence electrons. The quantitative estimate of drug-likeness (QED) is 0.636. The van der Waals surface area contributed by atoms with Gasteiger partial charge in [0.05, 0.1) is 30.6 Å². The highest BCUT2D eigenvalue weighted by molar-refractivity contribution is 6.08. The second-order valence-electron chi connectivity index (χ2n) is 5.85. The Bertz CT molecular complexity index is 754. The van der Waals surface area contributed by atoms with E-state index in [-0.39, 0.29) is 18.4 Å². The van der Waals surface area contributed by atoms with E-state index in [1.807, 2.05) is 0 Å². The van der Waals surface area contributed by atoms with Crippen LogP contribution in [0.3, 0.4) is 0 Å². The standard InChI is InChI=1S/C17H17N3O4/c1-3-20-15(21)11-12(16(20)22)14(17(23)24-2)19-13(11)10-6-4-5-9(7-10)8-18/h4-7,11-14,19H,3H2,1-2H3/t11-,12+,13-,14-/m0/s1. The highest BCUT2D eigenvalue weighted by atomic mass is 16.5. The van der Waals surface area contributed by atoms with Crippen molar-refractivity contribution in [3.63, 3.8) is 0 Å². The minimum absolute atomic E-state index is 0.267. The predicted octanol–water partition coefficient (Wildman–Crippen LogP) is 0.365. The zero-order chi connectivity index (χ0) is 17.4. The molecule has 2 saturated heterocycles. The molecule has 0 unspecified atom stereocenters. The summed E-state index contributed by atoms with van der Waals surface area (Å²) in [5.41, 5.74) is 1.16. The lowest BCUT2D eigenvalue weighted by atomic mass is 9.86. The molecule has 7 nitrogen and oxygen atoms in total. The van der Waals surface area contributed by atoms with E-state index in [2.05, 4.69) is 11.4 Å². The van der Waals surface area contributed by atoms with Gasteiger partial charge in [-0.15, -0.1) is 0 Å². The Morgan fingerprint density at radius 3 is 2.67 bits per heavy atom. The number of carbonyl (C=O) groups excluding carboxylic acids is 3. The minimum Gasteiger partial charge on any atom is -0.468 e. The molecule has 0 spiro atoms. The third kappa shape index (κ3) is 2.27. The second-order valence-corrected chi connectivity index (χ2v) is 5.85. The zero-order valence-corrected chi connectivity index (χ0v) is 13.4. The molecule has 1 N–H and O–H groups in total. The molecule has 2 aliphatic heterocycles. The van der Waals surface area contributed by atoms with Crippen LogP contribution in [0, 0.1) is 23.2 Å². The number of nitrogens with zero attached hydrogens (tertiary/aromatic N) is 2. The van der Waals surface area contributed by atoms with Crippen LogP contribution in [0.4, 0.5) is 0 Å². The average molecular weight is 327 g/mol. The van der Waals surface area contributed by atoms with Crippen LogP contribution in [-0.2, 0) is 19.1 Å². The Balaban J connectivity index is 2.05. The van der Waals surface area contributed by atoms with Crippen LogP contribution in [-0.4, -0.2) is 42.4 Å². The lowest BCUT2D eigenvalue weighted by Gasteiger charge is -2.21. The predicted molar refractivity (Wildman–Crippen MR) is 82.2 cm³/mol. The Morgan fingerprint density at radius 2 is 2.04 bits per heavy atom. The lowest BCUT2D eigenvalue weighted by Crippen LogP contribution is -2.43. The summed E-state index contributed by atoms with van der Waals surface area (Å²) in [5.74, 6) is -2.66. The highest BCUT2D eigenvalue weighted by Crippen LogP contribution is 2.44. The van der Waals surface area contributed by atoms with Gasteiger partial charge in [-0.2, -0.15) is 5.26 Å². The van der Waals surface area contributed by atoms with Gasteiger partial charge in [-0.3, -0.25) is 24.6 Å². The zero-order valence-electron chi connectivity index (χ0n) is 13.4. The fourth-order valence-corrected chi connectivity index (χ4v) is 3.63. The molecular formula is C17H17N3O4. The molecule has 0 radical (unpaired) electrons. The van der Waals surface area contributed by atoms with Gasteiger partial charge in [0, 0.05) is 12.6 Å². The number of benzene rings is 1. The van der Waals surface area contributed by atoms with E-state index in [0.29, 0.717) is 11.1 Å². The molecule has 0 bridgehead atoms. The van der Waals surface area contributed by atoms with E-state index in [4.69, 9.17) is 10.00 Å². The lowest BCUT2D eigenvalue weighted by molar-refractivity contribution is -0.148. The second kappa shape index (κ2) is 6.06. The Kier molecular flexibility index (Phi) is 4.08. The third-order valence-electron chi connectivity index (χ3n) is 4.71. The van der Waals surface area contributed by atoms with Crippen LogP contribution in [0.15, 0.2) is 24.3 Å². The first-order valence-electron chi connectivity index (χ1n) is 7.72. The van der Waals surface area contributed by atoms with Gasteiger partial charge in [0.1, 0.15) is 6.04 Å². The molecule has 1 aromatic rings. The number of ether oxygens (including phenoxy) is 1. The van der Waals surface area contributed by atoms with Crippen LogP contribution >= 0.6 is 0 Å². The van der Waals surface area contributed by atoms with Gasteiger partial charge in [-0.05, 0) is 24.6 Å². The molecule has 0 aliphatic carbocycles. The first-order chi connectivity index (χ1) is 11.5. The summed E-state index contributed by atoms with van der Waals surface area (Å²) in [7, 11) is 1.25. The fourth-order valence-electron chi connectivity index (χ4n) is 3.63. The van der Waals surface area contributed by atoms with Crippen molar-refractivity contribution in [3.05, 3.63) is 35.4 Å². The number of amides is 2. The summed E-state index contributed by atoms with van der Waals surface area (Å²) < 4.78 is 4.79. The maximum Gasteiger partial charge on any atom is 0.323 e. The van der Waals surface area contributed by atoms with Gasteiger partial charge in [-0.25, -0.2) is 0 Å². The number of esters is 1. The molecule has 2 aliphatic rings. The van der Waals surface area contributed by atoms with E-state index >= 15 is 0 Å². The van der Waals surface area contributed by atoms with Crippen molar-refractivity contribution in [1.82, 2.24) is 10.2 Å². The Labute approximate surface area is 139 Å². The minimum atomic E-state index is -0.872. The number of nitriles is 1. The van der Waals surface area contributed by atoms with Crippen molar-refractivity contribution >= 4 is 17.8 Å². The van der Waals surface area contributed by atoms with Crippen molar-refractivity contribution in [1.29, 1.82) is 5.26 Å². The molecule has 3 rings (SSSR count). The van der Waals surface area contributed by atoms with Crippen molar-refractivity contribution in [2.75, 3.05) is 13.7 Å². The van der Waals surface area contributed by atoms with Crippen molar-refractivity contribution < 1.29 is 19.1 Å². The summed E-state index contributed by atoms with van der Waals surface area (Å²) in [6.45, 7) is 1.99. The summed E-state index contributed by atoms with van der Waals surface area (Å²) in [5, 5.41) is 12.1. The van der Waals surface area contributed by atoms with Gasteiger partial charge >= 0.3 is 5.97 Å². The smallest absolute Gasteiger partial charge is 0.323 e. The number of imide groups is 1. The molecule has 1 aromatic carbocycles. The number of methoxy groups -OCH3 is 1. The van der Waals surface area contributed by atoms with E-state index in [1.165, 1.54) is 12.0 Å². The number of fused-ring (bicyclic) bond motifs is 1. The summed E-state index contributed by atoms with van der Waals surface area (Å²) >= 11 is 0. The van der Waals surface area contributed by atoms with Crippen LogP contribution in [0.25, 0.3) is 0 Å². The number of likely N-dealkylation sites (tertiary alicyclic amines) is 1. The molecule has 0 aromatic heterocycles. The van der Waals surface area contributed by atoms with E-state index < -0.39 is 29.9 Å². The molecule has 2 heterocycles. The van der Waals surface area contributed by atoms with Crippen LogP contribution in [0.1, 0.15) is 24.1 Å². The maximum atomic E-state index is 12.7. The van der Waals surface area contributed by atoms with Gasteiger partial charge in [0.15, 0.2) is 0 Å². The van der Waals surface area contributed by atoms with Gasteiger partial charge in [0.2, 0.25) is 11.8 Å². The fraction of sp³-hybridized carbons (Fsp3) is 0.412. The first-order valence-corrected chi connectivity index (χ1v) is 7.72. The summed E-state index contributed by atoms with van der Waals surface area (Å²) in [6.07, 6.45) is 0. The molecule has 4 atom stereocenters. The van der Waals surface area contributed by atoms with E-state index in [9.17, 15) is 14.4 Å². The van der Waals surface area contributed by atoms with Crippen LogP contribution in [0.2, 0.25) is 0 Å². The molecule has 0 saturated carbocycles. The van der Waals surface area contributed by atoms with Gasteiger partial charge in [0.25, 0.3) is 0 Å². The number of rotatable bonds is 3. The van der Waals surface area contributed by atoms with Crippen LogP contribution in [0.5, 0.6) is 0 Å². The summed E-state index contributed by atoms with van der Waals surface area (Å²) in [6, 6.07) is 7.49. The maximum absolute atomic E-state index is 12.7. The first kappa shape index (κ1) is 16.1. The highest BCUT2D eigenvalue weighted by Gasteiger charge is 2.60. The molecular weight excluding hydrogens is 310 g/mol. The van der Waals surface area contributed by atoms with E-state index in [1.54, 1.807) is 31.2 Å². The van der Waals surface area contributed by atoms with Crippen LogP contribution < -0.4 is 5.32 Å². The number of hydrogen-bond donors (Lipinski definition) is 1. The van der Waals surface area contributed by atoms with Gasteiger partial charge < -0.3 is 4.74 Å². The number of hydrogen-bond acceptors (Lipinski definition) is 6. The largest absolute Gasteiger partial charge is 0.468 e. The van der Waals surface area contributed by atoms with Gasteiger partial charge in [-0.1, -0.05) is 12.1 Å². The Morgan fingerprint density at radius 1 is 1.33 bits per heavy atom. The summed E-state index contributed by atoms with van der Waals surface area (Å²) in [4.78, 5) is 38.5. The molecule has 7 heteroatoms. The van der Waals surface area contributed by atoms with Crippen molar-refractivity contribution in [2.45, 2.75) is 19.0 Å².